The molecule has 7 heavy (non-hydrogen) atoms. The second kappa shape index (κ2) is 2.58. The van der Waals surface area contributed by atoms with Crippen LogP contribution in [0, 0.1) is 5.41 Å². The molecule has 0 aromatic rings. The van der Waals surface area contributed by atoms with E-state index < -0.39 is 0 Å². The second-order valence-corrected chi connectivity index (χ2v) is 1.47. The van der Waals surface area contributed by atoms with Crippen molar-refractivity contribution in [1.82, 2.24) is 0 Å². The Morgan fingerprint density at radius 2 is 2.29 bits per heavy atom. The van der Waals surface area contributed by atoms with Crippen molar-refractivity contribution in [1.29, 1.82) is 5.41 Å². The van der Waals surface area contributed by atoms with E-state index in [1.54, 1.807) is 0 Å². The summed E-state index contributed by atoms with van der Waals surface area (Å²) in [4.78, 5) is 0. The topological polar surface area (TPSA) is 75.9 Å². The zero-order valence-electron chi connectivity index (χ0n) is 4.44. The third kappa shape index (κ3) is 2.17. The molecule has 0 aliphatic heterocycles. The summed E-state index contributed by atoms with van der Waals surface area (Å²) in [5, 5.41) is 6.75. The molecule has 3 heteroatoms. The maximum Gasteiger partial charge on any atom is 0.108 e. The first-order valence-corrected chi connectivity index (χ1v) is 2.28. The van der Waals surface area contributed by atoms with Crippen molar-refractivity contribution in [2.45, 2.75) is 19.4 Å². The molecule has 0 heterocycles. The van der Waals surface area contributed by atoms with Crippen LogP contribution in [-0.2, 0) is 0 Å². The summed E-state index contributed by atoms with van der Waals surface area (Å²) < 4.78 is 0. The van der Waals surface area contributed by atoms with Crippen molar-refractivity contribution in [3.63, 3.8) is 0 Å². The Kier molecular flexibility index (Phi) is 2.37. The monoisotopic (exact) mass is 101 g/mol. The van der Waals surface area contributed by atoms with E-state index in [9.17, 15) is 0 Å². The van der Waals surface area contributed by atoms with Gasteiger partial charge in [-0.1, -0.05) is 6.92 Å². The lowest BCUT2D eigenvalue weighted by atomic mass is 10.2. The Morgan fingerprint density at radius 3 is 2.29 bits per heavy atom. The Morgan fingerprint density at radius 1 is 1.86 bits per heavy atom. The molecule has 5 N–H and O–H groups in total. The molecule has 0 aromatic carbocycles. The van der Waals surface area contributed by atoms with Crippen LogP contribution < -0.4 is 11.5 Å². The van der Waals surface area contributed by atoms with Gasteiger partial charge in [-0.2, -0.15) is 0 Å². The molecule has 42 valence electrons. The molecule has 0 aliphatic rings. The predicted octanol–water partition coefficient (Wildman–Crippen LogP) is -0.340. The Hall–Kier alpha value is -0.570. The lowest BCUT2D eigenvalue weighted by molar-refractivity contribution is 0.807. The SMILES string of the molecule is CCC(N)C(=N)N. The quantitative estimate of drug-likeness (QED) is 0.329. The lowest BCUT2D eigenvalue weighted by Gasteiger charge is -2.02. The largest absolute Gasteiger partial charge is 0.386 e. The summed E-state index contributed by atoms with van der Waals surface area (Å²) >= 11 is 0. The molecule has 1 unspecified atom stereocenters. The number of amidine groups is 1. The summed E-state index contributed by atoms with van der Waals surface area (Å²) in [5.74, 6) is 0.0718. The summed E-state index contributed by atoms with van der Waals surface area (Å²) in [5.41, 5.74) is 10.3. The minimum atomic E-state index is -0.236. The van der Waals surface area contributed by atoms with E-state index in [0.717, 1.165) is 6.42 Å². The van der Waals surface area contributed by atoms with Gasteiger partial charge in [-0.15, -0.1) is 0 Å². The normalized spacial score (nSPS) is 13.4. The van der Waals surface area contributed by atoms with E-state index in [0.29, 0.717) is 0 Å². The first kappa shape index (κ1) is 6.43. The Balaban J connectivity index is 3.34. The standard InChI is InChI=1S/C4H11N3/c1-2-3(5)4(6)7/h3H,2,5H2,1H3,(H3,6,7). The van der Waals surface area contributed by atoms with E-state index in [1.807, 2.05) is 6.92 Å². The van der Waals surface area contributed by atoms with Crippen LogP contribution in [0.1, 0.15) is 13.3 Å². The zero-order valence-corrected chi connectivity index (χ0v) is 4.44. The molecule has 0 radical (unpaired) electrons. The molecule has 0 aromatic heterocycles. The minimum absolute atomic E-state index is 0.0718. The van der Waals surface area contributed by atoms with Gasteiger partial charge in [-0.25, -0.2) is 0 Å². The van der Waals surface area contributed by atoms with Crippen LogP contribution in [0.2, 0.25) is 0 Å². The number of nitrogens with two attached hydrogens (primary N) is 2. The molecule has 0 aliphatic carbocycles. The van der Waals surface area contributed by atoms with E-state index in [2.05, 4.69) is 0 Å². The van der Waals surface area contributed by atoms with E-state index in [-0.39, 0.29) is 11.9 Å². The number of rotatable bonds is 2. The molecule has 0 amide bonds. The predicted molar refractivity (Wildman–Crippen MR) is 30.2 cm³/mol. The average Bonchev–Trinajstić information content (AvgIpc) is 1.65. The van der Waals surface area contributed by atoms with E-state index in [4.69, 9.17) is 16.9 Å². The van der Waals surface area contributed by atoms with Crippen molar-refractivity contribution in [2.24, 2.45) is 11.5 Å². The van der Waals surface area contributed by atoms with E-state index >= 15 is 0 Å². The maximum absolute atomic E-state index is 6.75. The number of nitrogens with one attached hydrogen (secondary N) is 1. The van der Waals surface area contributed by atoms with Gasteiger partial charge in [-0.3, -0.25) is 5.41 Å². The fourth-order valence-electron chi connectivity index (χ4n) is 0.220. The molecule has 0 bridgehead atoms. The fraction of sp³-hybridized carbons (Fsp3) is 0.750. The van der Waals surface area contributed by atoms with Crippen molar-refractivity contribution in [3.05, 3.63) is 0 Å². The van der Waals surface area contributed by atoms with Gasteiger partial charge in [0.15, 0.2) is 0 Å². The van der Waals surface area contributed by atoms with Gasteiger partial charge in [0.25, 0.3) is 0 Å². The van der Waals surface area contributed by atoms with Gasteiger partial charge in [-0.05, 0) is 6.42 Å². The number of hydrogen-bond donors (Lipinski definition) is 3. The van der Waals surface area contributed by atoms with Crippen LogP contribution in [0.3, 0.4) is 0 Å². The van der Waals surface area contributed by atoms with Crippen LogP contribution in [0.15, 0.2) is 0 Å². The molecule has 0 saturated heterocycles. The zero-order chi connectivity index (χ0) is 5.86. The molecule has 0 spiro atoms. The van der Waals surface area contributed by atoms with Crippen LogP contribution in [-0.4, -0.2) is 11.9 Å². The first-order chi connectivity index (χ1) is 3.18. The lowest BCUT2D eigenvalue weighted by Crippen LogP contribution is -2.34. The molecule has 1 atom stereocenters. The van der Waals surface area contributed by atoms with Gasteiger partial charge in [0.1, 0.15) is 5.84 Å². The average molecular weight is 101 g/mol. The van der Waals surface area contributed by atoms with Crippen LogP contribution in [0.4, 0.5) is 0 Å². The van der Waals surface area contributed by atoms with Crippen LogP contribution in [0.25, 0.3) is 0 Å². The summed E-state index contributed by atoms with van der Waals surface area (Å²) in [7, 11) is 0. The molecular weight excluding hydrogens is 90.1 g/mol. The highest BCUT2D eigenvalue weighted by atomic mass is 14.8. The second-order valence-electron chi connectivity index (χ2n) is 1.47. The summed E-state index contributed by atoms with van der Waals surface area (Å²) in [6.07, 6.45) is 0.745. The Bertz CT molecular complexity index is 69.3. The minimum Gasteiger partial charge on any atom is -0.386 e. The van der Waals surface area contributed by atoms with Gasteiger partial charge in [0, 0.05) is 0 Å². The molecule has 0 rings (SSSR count). The molecule has 0 fully saturated rings. The van der Waals surface area contributed by atoms with Crippen molar-refractivity contribution in [2.75, 3.05) is 0 Å². The van der Waals surface area contributed by atoms with Crippen molar-refractivity contribution in [3.8, 4) is 0 Å². The maximum atomic E-state index is 6.75. The first-order valence-electron chi connectivity index (χ1n) is 2.28. The highest BCUT2D eigenvalue weighted by molar-refractivity contribution is 5.82. The number of hydrogen-bond acceptors (Lipinski definition) is 2. The van der Waals surface area contributed by atoms with Crippen molar-refractivity contribution < 1.29 is 0 Å². The fourth-order valence-corrected chi connectivity index (χ4v) is 0.220. The summed E-state index contributed by atoms with van der Waals surface area (Å²) in [6.45, 7) is 1.89. The summed E-state index contributed by atoms with van der Waals surface area (Å²) in [6, 6.07) is -0.236. The van der Waals surface area contributed by atoms with Gasteiger partial charge in [0.05, 0.1) is 6.04 Å². The van der Waals surface area contributed by atoms with Crippen molar-refractivity contribution >= 4 is 5.84 Å². The van der Waals surface area contributed by atoms with Crippen LogP contribution >= 0.6 is 0 Å². The van der Waals surface area contributed by atoms with Gasteiger partial charge < -0.3 is 11.5 Å². The third-order valence-electron chi connectivity index (χ3n) is 0.839. The molecule has 3 nitrogen and oxygen atoms in total. The van der Waals surface area contributed by atoms with E-state index in [1.165, 1.54) is 0 Å². The van der Waals surface area contributed by atoms with Gasteiger partial charge in [0.2, 0.25) is 0 Å². The molecule has 0 saturated carbocycles. The smallest absolute Gasteiger partial charge is 0.108 e. The highest BCUT2D eigenvalue weighted by Crippen LogP contribution is 1.80. The highest BCUT2D eigenvalue weighted by Gasteiger charge is 1.98. The van der Waals surface area contributed by atoms with Gasteiger partial charge >= 0.3 is 0 Å². The van der Waals surface area contributed by atoms with Crippen LogP contribution in [0.5, 0.6) is 0 Å². The Labute approximate surface area is 43.2 Å². The molecular formula is C4H11N3. The third-order valence-corrected chi connectivity index (χ3v) is 0.839.